The molecule has 0 unspecified atom stereocenters. The molecule has 114 valence electrons. The molecule has 0 bridgehead atoms. The van der Waals surface area contributed by atoms with Crippen LogP contribution in [-0.2, 0) is 4.79 Å². The second kappa shape index (κ2) is 6.25. The van der Waals surface area contributed by atoms with Crippen molar-refractivity contribution in [3.63, 3.8) is 0 Å². The lowest BCUT2D eigenvalue weighted by Gasteiger charge is -2.20. The molecule has 0 saturated heterocycles. The Morgan fingerprint density at radius 3 is 2.38 bits per heavy atom. The van der Waals surface area contributed by atoms with Crippen molar-refractivity contribution in [2.75, 3.05) is 11.9 Å². The monoisotopic (exact) mass is 293 g/mol. The highest BCUT2D eigenvalue weighted by molar-refractivity contribution is 5.93. The zero-order valence-corrected chi connectivity index (χ0v) is 12.2. The molecule has 0 atom stereocenters. The van der Waals surface area contributed by atoms with Crippen LogP contribution in [-0.4, -0.2) is 29.6 Å². The standard InChI is InChI=1S/C14H19N3O4/c1-8-6-9(4-5-10(8)11(18)19)17-13(21)16-7-14(2,3)12(15)20/h4-6H,7H2,1-3H3,(H2,15,20)(H,18,19)(H2,16,17,21). The van der Waals surface area contributed by atoms with E-state index in [2.05, 4.69) is 10.6 Å². The Bertz CT molecular complexity index is 582. The third-order valence-corrected chi connectivity index (χ3v) is 3.07. The van der Waals surface area contributed by atoms with E-state index in [1.165, 1.54) is 12.1 Å². The largest absolute Gasteiger partial charge is 0.478 e. The van der Waals surface area contributed by atoms with Crippen LogP contribution in [0.2, 0.25) is 0 Å². The van der Waals surface area contributed by atoms with Crippen molar-refractivity contribution in [2.24, 2.45) is 11.1 Å². The molecule has 0 heterocycles. The van der Waals surface area contributed by atoms with Crippen molar-refractivity contribution in [1.82, 2.24) is 5.32 Å². The topological polar surface area (TPSA) is 122 Å². The van der Waals surface area contributed by atoms with Gasteiger partial charge >= 0.3 is 12.0 Å². The number of urea groups is 1. The number of aryl methyl sites for hydroxylation is 1. The molecule has 0 radical (unpaired) electrons. The van der Waals surface area contributed by atoms with Crippen molar-refractivity contribution < 1.29 is 19.5 Å². The van der Waals surface area contributed by atoms with Gasteiger partial charge in [0.1, 0.15) is 0 Å². The van der Waals surface area contributed by atoms with Crippen LogP contribution < -0.4 is 16.4 Å². The van der Waals surface area contributed by atoms with Crippen LogP contribution in [0.3, 0.4) is 0 Å². The molecular weight excluding hydrogens is 274 g/mol. The van der Waals surface area contributed by atoms with Crippen LogP contribution in [0.4, 0.5) is 10.5 Å². The number of aromatic carboxylic acids is 1. The van der Waals surface area contributed by atoms with Crippen molar-refractivity contribution in [1.29, 1.82) is 0 Å². The number of primary amides is 1. The average Bonchev–Trinajstić information content (AvgIpc) is 2.36. The number of nitrogens with two attached hydrogens (primary N) is 1. The number of benzene rings is 1. The lowest BCUT2D eigenvalue weighted by atomic mass is 9.93. The van der Waals surface area contributed by atoms with Crippen LogP contribution in [0.25, 0.3) is 0 Å². The zero-order chi connectivity index (χ0) is 16.2. The maximum Gasteiger partial charge on any atom is 0.335 e. The summed E-state index contributed by atoms with van der Waals surface area (Å²) in [6, 6.07) is 3.98. The number of hydrogen-bond acceptors (Lipinski definition) is 3. The highest BCUT2D eigenvalue weighted by Crippen LogP contribution is 2.16. The summed E-state index contributed by atoms with van der Waals surface area (Å²) in [4.78, 5) is 33.7. The number of rotatable bonds is 5. The van der Waals surface area contributed by atoms with Gasteiger partial charge in [0.2, 0.25) is 5.91 Å². The van der Waals surface area contributed by atoms with Gasteiger partial charge in [-0.15, -0.1) is 0 Å². The maximum absolute atomic E-state index is 11.7. The Labute approximate surface area is 122 Å². The van der Waals surface area contributed by atoms with Crippen LogP contribution in [0.15, 0.2) is 18.2 Å². The molecule has 5 N–H and O–H groups in total. The summed E-state index contributed by atoms with van der Waals surface area (Å²) >= 11 is 0. The molecule has 7 nitrogen and oxygen atoms in total. The number of carboxylic acids is 1. The summed E-state index contributed by atoms with van der Waals surface area (Å²) in [5, 5.41) is 14.0. The van der Waals surface area contributed by atoms with E-state index in [9.17, 15) is 14.4 Å². The number of carboxylic acid groups (broad SMARTS) is 1. The van der Waals surface area contributed by atoms with Crippen LogP contribution in [0, 0.1) is 12.3 Å². The van der Waals surface area contributed by atoms with E-state index >= 15 is 0 Å². The first-order chi connectivity index (χ1) is 9.63. The van der Waals surface area contributed by atoms with Gasteiger partial charge in [0.05, 0.1) is 11.0 Å². The predicted molar refractivity (Wildman–Crippen MR) is 78.1 cm³/mol. The molecule has 1 aromatic carbocycles. The number of anilines is 1. The van der Waals surface area contributed by atoms with E-state index in [1.807, 2.05) is 0 Å². The minimum Gasteiger partial charge on any atom is -0.478 e. The fourth-order valence-corrected chi connectivity index (χ4v) is 1.55. The second-order valence-corrected chi connectivity index (χ2v) is 5.39. The highest BCUT2D eigenvalue weighted by atomic mass is 16.4. The minimum absolute atomic E-state index is 0.0976. The Kier molecular flexibility index (Phi) is 4.91. The minimum atomic E-state index is -1.02. The van der Waals surface area contributed by atoms with Gasteiger partial charge in [0, 0.05) is 12.2 Å². The van der Waals surface area contributed by atoms with E-state index in [-0.39, 0.29) is 12.1 Å². The Morgan fingerprint density at radius 2 is 1.90 bits per heavy atom. The molecule has 0 fully saturated rings. The van der Waals surface area contributed by atoms with Gasteiger partial charge < -0.3 is 21.5 Å². The third kappa shape index (κ3) is 4.48. The number of amides is 3. The maximum atomic E-state index is 11.7. The Hall–Kier alpha value is -2.57. The molecular formula is C14H19N3O4. The smallest absolute Gasteiger partial charge is 0.335 e. The van der Waals surface area contributed by atoms with Crippen LogP contribution in [0.1, 0.15) is 29.8 Å². The van der Waals surface area contributed by atoms with Crippen molar-refractivity contribution in [3.05, 3.63) is 29.3 Å². The van der Waals surface area contributed by atoms with Gasteiger partial charge in [0.15, 0.2) is 0 Å². The van der Waals surface area contributed by atoms with Gasteiger partial charge in [0.25, 0.3) is 0 Å². The molecule has 0 aliphatic heterocycles. The number of carbonyl (C=O) groups is 3. The number of nitrogens with one attached hydrogen (secondary N) is 2. The molecule has 3 amide bonds. The molecule has 7 heteroatoms. The van der Waals surface area contributed by atoms with E-state index < -0.39 is 23.3 Å². The summed E-state index contributed by atoms with van der Waals surface area (Å²) in [7, 11) is 0. The SMILES string of the molecule is Cc1cc(NC(=O)NCC(C)(C)C(N)=O)ccc1C(=O)O. The summed E-state index contributed by atoms with van der Waals surface area (Å²) in [6.45, 7) is 4.99. The van der Waals surface area contributed by atoms with Crippen molar-refractivity contribution >= 4 is 23.6 Å². The van der Waals surface area contributed by atoms with Gasteiger partial charge in [-0.25, -0.2) is 9.59 Å². The predicted octanol–water partition coefficient (Wildman–Crippen LogP) is 1.33. The second-order valence-electron chi connectivity index (χ2n) is 5.39. The first-order valence-electron chi connectivity index (χ1n) is 6.32. The number of hydrogen-bond donors (Lipinski definition) is 4. The molecule has 0 spiro atoms. The molecule has 0 aromatic heterocycles. The lowest BCUT2D eigenvalue weighted by Crippen LogP contribution is -2.43. The Balaban J connectivity index is 2.66. The van der Waals surface area contributed by atoms with Gasteiger partial charge in [-0.1, -0.05) is 0 Å². The van der Waals surface area contributed by atoms with Gasteiger partial charge in [-0.3, -0.25) is 4.79 Å². The summed E-state index contributed by atoms with van der Waals surface area (Å²) < 4.78 is 0. The average molecular weight is 293 g/mol. The van der Waals surface area contributed by atoms with E-state index in [0.29, 0.717) is 11.3 Å². The summed E-state index contributed by atoms with van der Waals surface area (Å²) in [6.07, 6.45) is 0. The van der Waals surface area contributed by atoms with Crippen LogP contribution in [0.5, 0.6) is 0 Å². The third-order valence-electron chi connectivity index (χ3n) is 3.07. The van der Waals surface area contributed by atoms with Gasteiger partial charge in [-0.2, -0.15) is 0 Å². The molecule has 0 aliphatic carbocycles. The van der Waals surface area contributed by atoms with E-state index in [1.54, 1.807) is 26.8 Å². The molecule has 1 aromatic rings. The Morgan fingerprint density at radius 1 is 1.29 bits per heavy atom. The normalized spacial score (nSPS) is 10.8. The van der Waals surface area contributed by atoms with Gasteiger partial charge in [-0.05, 0) is 44.5 Å². The lowest BCUT2D eigenvalue weighted by molar-refractivity contribution is -0.125. The van der Waals surface area contributed by atoms with E-state index in [0.717, 1.165) is 0 Å². The molecule has 21 heavy (non-hydrogen) atoms. The van der Waals surface area contributed by atoms with Crippen molar-refractivity contribution in [2.45, 2.75) is 20.8 Å². The molecule has 0 aliphatic rings. The summed E-state index contributed by atoms with van der Waals surface area (Å²) in [5.41, 5.74) is 5.54. The quantitative estimate of drug-likeness (QED) is 0.654. The molecule has 1 rings (SSSR count). The summed E-state index contributed by atoms with van der Waals surface area (Å²) in [5.74, 6) is -1.53. The fraction of sp³-hybridized carbons (Fsp3) is 0.357. The first kappa shape index (κ1) is 16.5. The zero-order valence-electron chi connectivity index (χ0n) is 12.2. The van der Waals surface area contributed by atoms with E-state index in [4.69, 9.17) is 10.8 Å². The molecule has 0 saturated carbocycles. The first-order valence-corrected chi connectivity index (χ1v) is 6.32. The van der Waals surface area contributed by atoms with Crippen LogP contribution >= 0.6 is 0 Å². The fourth-order valence-electron chi connectivity index (χ4n) is 1.55. The number of carbonyl (C=O) groups excluding carboxylic acids is 2. The highest BCUT2D eigenvalue weighted by Gasteiger charge is 2.25. The van der Waals surface area contributed by atoms with Crippen molar-refractivity contribution in [3.8, 4) is 0 Å².